The highest BCUT2D eigenvalue weighted by Gasteiger charge is 2.23. The van der Waals surface area contributed by atoms with Crippen LogP contribution in [0.2, 0.25) is 0 Å². The van der Waals surface area contributed by atoms with E-state index in [1.807, 2.05) is 37.8 Å². The van der Waals surface area contributed by atoms with Crippen molar-refractivity contribution in [1.82, 2.24) is 24.6 Å². The van der Waals surface area contributed by atoms with Crippen LogP contribution in [0.1, 0.15) is 37.2 Å². The van der Waals surface area contributed by atoms with Crippen LogP contribution in [0.4, 0.5) is 10.2 Å². The number of benzene rings is 1. The second kappa shape index (κ2) is 13.1. The van der Waals surface area contributed by atoms with Crippen LogP contribution in [0, 0.1) is 19.7 Å². The van der Waals surface area contributed by atoms with Gasteiger partial charge in [0.2, 0.25) is 5.91 Å². The number of aromatic nitrogens is 4. The zero-order valence-electron chi connectivity index (χ0n) is 22.0. The van der Waals surface area contributed by atoms with Gasteiger partial charge in [0.1, 0.15) is 24.5 Å². The van der Waals surface area contributed by atoms with Gasteiger partial charge in [-0.05, 0) is 56.5 Å². The average molecular weight is 497 g/mol. The zero-order valence-corrected chi connectivity index (χ0v) is 22.0. The molecule has 8 nitrogen and oxygen atoms in total. The van der Waals surface area contributed by atoms with Crippen LogP contribution in [0.5, 0.6) is 0 Å². The molecule has 0 N–H and O–H groups in total. The van der Waals surface area contributed by atoms with Crippen molar-refractivity contribution < 1.29 is 13.9 Å². The molecule has 4 rings (SSSR count). The van der Waals surface area contributed by atoms with Crippen molar-refractivity contribution in [3.63, 3.8) is 0 Å². The second-order valence-electron chi connectivity index (χ2n) is 8.62. The summed E-state index contributed by atoms with van der Waals surface area (Å²) in [5, 5.41) is 4.72. The molecule has 1 amide bonds. The quantitative estimate of drug-likeness (QED) is 0.438. The minimum absolute atomic E-state index is 0.0384. The second-order valence-corrected chi connectivity index (χ2v) is 8.62. The summed E-state index contributed by atoms with van der Waals surface area (Å²) in [6, 6.07) is 8.93. The lowest BCUT2D eigenvalue weighted by Crippen LogP contribution is -2.50. The first kappa shape index (κ1) is 27.3. The van der Waals surface area contributed by atoms with Crippen molar-refractivity contribution in [2.45, 2.75) is 47.1 Å². The minimum atomic E-state index is -0.241. The van der Waals surface area contributed by atoms with Crippen LogP contribution in [0.25, 0.3) is 11.3 Å². The fourth-order valence-corrected chi connectivity index (χ4v) is 4.16. The number of hydrogen-bond acceptors (Lipinski definition) is 6. The molecular weight excluding hydrogens is 459 g/mol. The van der Waals surface area contributed by atoms with Crippen molar-refractivity contribution in [3.05, 3.63) is 59.4 Å². The Kier molecular flexibility index (Phi) is 9.93. The Morgan fingerprint density at radius 1 is 1.06 bits per heavy atom. The lowest BCUT2D eigenvalue weighted by molar-refractivity contribution is -0.132. The summed E-state index contributed by atoms with van der Waals surface area (Å²) in [7, 11) is 1.68. The molecule has 1 aromatic carbocycles. The third-order valence-corrected chi connectivity index (χ3v) is 6.13. The number of rotatable bonds is 8. The van der Waals surface area contributed by atoms with E-state index in [2.05, 4.69) is 14.9 Å². The molecule has 0 aliphatic carbocycles. The molecule has 0 spiro atoms. The molecule has 0 unspecified atom stereocenters. The van der Waals surface area contributed by atoms with Gasteiger partial charge in [-0.15, -0.1) is 0 Å². The average Bonchev–Trinajstić information content (AvgIpc) is 3.29. The van der Waals surface area contributed by atoms with Crippen molar-refractivity contribution in [1.29, 1.82) is 0 Å². The van der Waals surface area contributed by atoms with Gasteiger partial charge >= 0.3 is 0 Å². The van der Waals surface area contributed by atoms with Crippen molar-refractivity contribution in [2.75, 3.05) is 44.8 Å². The monoisotopic (exact) mass is 496 g/mol. The number of nitrogens with zero attached hydrogens (tertiary/aromatic N) is 6. The van der Waals surface area contributed by atoms with Gasteiger partial charge in [0.25, 0.3) is 0 Å². The Balaban J connectivity index is 0.00000176. The first-order chi connectivity index (χ1) is 17.4. The van der Waals surface area contributed by atoms with E-state index in [-0.39, 0.29) is 18.3 Å². The maximum atomic E-state index is 13.7. The summed E-state index contributed by atoms with van der Waals surface area (Å²) < 4.78 is 20.7. The first-order valence-corrected chi connectivity index (χ1v) is 12.6. The van der Waals surface area contributed by atoms with Gasteiger partial charge < -0.3 is 14.5 Å². The predicted molar refractivity (Wildman–Crippen MR) is 139 cm³/mol. The number of ether oxygens (including phenoxy) is 1. The van der Waals surface area contributed by atoms with E-state index in [1.165, 1.54) is 6.07 Å². The van der Waals surface area contributed by atoms with Gasteiger partial charge in [-0.2, -0.15) is 5.10 Å². The zero-order chi connectivity index (χ0) is 26.1. The van der Waals surface area contributed by atoms with Gasteiger partial charge in [0.05, 0.1) is 5.69 Å². The number of methoxy groups -OCH3 is 1. The molecule has 1 aliphatic rings. The molecule has 1 saturated heterocycles. The molecule has 3 aromatic rings. The van der Waals surface area contributed by atoms with Crippen molar-refractivity contribution in [2.24, 2.45) is 0 Å². The number of halogens is 1. The Morgan fingerprint density at radius 2 is 1.81 bits per heavy atom. The van der Waals surface area contributed by atoms with E-state index < -0.39 is 0 Å². The van der Waals surface area contributed by atoms with Crippen LogP contribution in [-0.4, -0.2) is 70.5 Å². The Hall–Kier alpha value is -3.33. The summed E-state index contributed by atoms with van der Waals surface area (Å²) in [4.78, 5) is 25.7. The molecule has 36 heavy (non-hydrogen) atoms. The molecule has 1 aliphatic heterocycles. The Labute approximate surface area is 213 Å². The van der Waals surface area contributed by atoms with Crippen molar-refractivity contribution in [3.8, 4) is 11.3 Å². The predicted octanol–water partition coefficient (Wildman–Crippen LogP) is 4.05. The fourth-order valence-electron chi connectivity index (χ4n) is 4.16. The molecule has 0 saturated carbocycles. The Bertz CT molecular complexity index is 1140. The molecule has 0 atom stereocenters. The molecule has 2 aromatic heterocycles. The molecule has 9 heteroatoms. The van der Waals surface area contributed by atoms with E-state index in [9.17, 15) is 9.18 Å². The Morgan fingerprint density at radius 3 is 2.47 bits per heavy atom. The third kappa shape index (κ3) is 6.87. The maximum absolute atomic E-state index is 13.7. The number of carbonyl (C=O) groups excluding carboxylic acids is 1. The highest BCUT2D eigenvalue weighted by Crippen LogP contribution is 2.23. The van der Waals surface area contributed by atoms with Crippen LogP contribution in [0.15, 0.2) is 36.7 Å². The lowest BCUT2D eigenvalue weighted by atomic mass is 10.1. The van der Waals surface area contributed by atoms with Crippen LogP contribution < -0.4 is 4.90 Å². The molecular formula is C27H37FN6O2. The lowest BCUT2D eigenvalue weighted by Gasteiger charge is -2.35. The molecule has 1 fully saturated rings. The molecule has 0 radical (unpaired) electrons. The summed E-state index contributed by atoms with van der Waals surface area (Å²) in [5.74, 6) is 0.692. The minimum Gasteiger partial charge on any atom is -0.385 e. The van der Waals surface area contributed by atoms with E-state index >= 15 is 0 Å². The maximum Gasteiger partial charge on any atom is 0.244 e. The normalized spacial score (nSPS) is 13.4. The first-order valence-electron chi connectivity index (χ1n) is 12.6. The highest BCUT2D eigenvalue weighted by molar-refractivity contribution is 5.76. The number of hydrogen-bond donors (Lipinski definition) is 0. The standard InChI is InChI=1S/C25H31FN6O2.C2H6/c1-18-13-20(6-7-22(18)26)23-15-21(5-4-12-34-3)32(29-23)16-25(33)31-10-8-30(9-11-31)24-14-19(2)27-17-28-24;1-2/h6-7,13-15,17H,4-5,8-12,16H2,1-3H3;1-2H3. The number of amides is 1. The van der Waals surface area contributed by atoms with Gasteiger partial charge in [-0.3, -0.25) is 9.48 Å². The van der Waals surface area contributed by atoms with E-state index in [0.29, 0.717) is 25.3 Å². The molecule has 3 heterocycles. The molecule has 194 valence electrons. The summed E-state index contributed by atoms with van der Waals surface area (Å²) >= 11 is 0. The van der Waals surface area contributed by atoms with Gasteiger partial charge in [-0.1, -0.05) is 13.8 Å². The smallest absolute Gasteiger partial charge is 0.244 e. The molecule has 0 bridgehead atoms. The van der Waals surface area contributed by atoms with E-state index in [0.717, 1.165) is 54.4 Å². The number of anilines is 1. The largest absolute Gasteiger partial charge is 0.385 e. The SMILES string of the molecule is CC.COCCCc1cc(-c2ccc(F)c(C)c2)nn1CC(=O)N1CCN(c2cc(C)ncn2)CC1. The summed E-state index contributed by atoms with van der Waals surface area (Å²) in [6.07, 6.45) is 3.15. The highest BCUT2D eigenvalue weighted by atomic mass is 19.1. The van der Waals surface area contributed by atoms with Crippen LogP contribution in [0.3, 0.4) is 0 Å². The third-order valence-electron chi connectivity index (χ3n) is 6.13. The van der Waals surface area contributed by atoms with Crippen LogP contribution >= 0.6 is 0 Å². The topological polar surface area (TPSA) is 76.4 Å². The summed E-state index contributed by atoms with van der Waals surface area (Å²) in [6.45, 7) is 11.2. The number of carbonyl (C=O) groups is 1. The van der Waals surface area contributed by atoms with Crippen LogP contribution in [-0.2, 0) is 22.5 Å². The number of piperazine rings is 1. The summed E-state index contributed by atoms with van der Waals surface area (Å²) in [5.41, 5.74) is 4.05. The van der Waals surface area contributed by atoms with Crippen molar-refractivity contribution >= 4 is 11.7 Å². The number of aryl methyl sites for hydroxylation is 3. The van der Waals surface area contributed by atoms with Gasteiger partial charge in [0, 0.05) is 62.9 Å². The van der Waals surface area contributed by atoms with E-state index in [4.69, 9.17) is 9.84 Å². The fraction of sp³-hybridized carbons (Fsp3) is 0.481. The van der Waals surface area contributed by atoms with Gasteiger partial charge in [-0.25, -0.2) is 14.4 Å². The van der Waals surface area contributed by atoms with E-state index in [1.54, 1.807) is 37.2 Å². The van der Waals surface area contributed by atoms with Gasteiger partial charge in [0.15, 0.2) is 0 Å².